The number of Topliss-reactive ketones (excluding diaryl/α,β-unsaturated/α-hetero) is 1. The van der Waals surface area contributed by atoms with Crippen molar-refractivity contribution in [2.75, 3.05) is 6.61 Å². The van der Waals surface area contributed by atoms with E-state index in [1.165, 1.54) is 0 Å². The van der Waals surface area contributed by atoms with Crippen molar-refractivity contribution in [2.24, 2.45) is 0 Å². The smallest absolute Gasteiger partial charge is 0.310 e. The molecule has 0 aliphatic rings. The molecule has 45 heavy (non-hydrogen) atoms. The second-order valence-corrected chi connectivity index (χ2v) is 11.3. The molecule has 2 heterocycles. The Bertz CT molecular complexity index is 1960. The fraction of sp³-hybridized carbons (Fsp3) is 0.108. The molecule has 0 unspecified atom stereocenters. The third-order valence-corrected chi connectivity index (χ3v) is 8.29. The van der Waals surface area contributed by atoms with E-state index >= 15 is 0 Å². The van der Waals surface area contributed by atoms with Crippen molar-refractivity contribution >= 4 is 34.4 Å². The van der Waals surface area contributed by atoms with Crippen LogP contribution < -0.4 is 0 Å². The molecule has 0 bridgehead atoms. The summed E-state index contributed by atoms with van der Waals surface area (Å²) in [5.41, 5.74) is 6.17. The molecule has 0 saturated heterocycles. The van der Waals surface area contributed by atoms with Gasteiger partial charge in [-0.05, 0) is 23.3 Å². The molecule has 0 fully saturated rings. The number of benzene rings is 4. The number of fused-ring (bicyclic) bond motifs is 1. The summed E-state index contributed by atoms with van der Waals surface area (Å²) in [6, 6.07) is 36.9. The first-order valence-electron chi connectivity index (χ1n) is 14.5. The molecule has 0 saturated carbocycles. The van der Waals surface area contributed by atoms with Gasteiger partial charge in [0.05, 0.1) is 17.6 Å². The molecule has 8 heteroatoms. The fourth-order valence-electron chi connectivity index (χ4n) is 4.98. The number of carbonyl (C=O) groups excluding carboxylic acids is 2. The van der Waals surface area contributed by atoms with Crippen LogP contribution in [0.4, 0.5) is 0 Å². The molecule has 0 amide bonds. The van der Waals surface area contributed by atoms with Crippen LogP contribution in [0.15, 0.2) is 133 Å². The second kappa shape index (κ2) is 14.0. The Morgan fingerprint density at radius 3 is 2.27 bits per heavy atom. The van der Waals surface area contributed by atoms with E-state index in [1.54, 1.807) is 36.0 Å². The largest absolute Gasteiger partial charge is 0.457 e. The van der Waals surface area contributed by atoms with E-state index in [1.807, 2.05) is 72.8 Å². The maximum absolute atomic E-state index is 12.3. The minimum absolute atomic E-state index is 0.0946. The van der Waals surface area contributed by atoms with Gasteiger partial charge in [0.25, 0.3) is 0 Å². The summed E-state index contributed by atoms with van der Waals surface area (Å²) in [5.74, 6) is 0.758. The van der Waals surface area contributed by atoms with Crippen molar-refractivity contribution in [3.05, 3.63) is 145 Å². The normalized spacial score (nSPS) is 10.9. The minimum Gasteiger partial charge on any atom is -0.457 e. The third-order valence-electron chi connectivity index (χ3n) is 7.25. The number of para-hydroxylation sites is 1. The topological polar surface area (TPSA) is 87.0 Å². The third kappa shape index (κ3) is 7.08. The fourth-order valence-corrected chi connectivity index (χ4v) is 5.88. The minimum atomic E-state index is -0.439. The van der Waals surface area contributed by atoms with Crippen LogP contribution in [0.25, 0.3) is 33.5 Å². The molecule has 222 valence electrons. The Kier molecular flexibility index (Phi) is 9.22. The molecular weight excluding hydrogens is 580 g/mol. The van der Waals surface area contributed by atoms with E-state index in [2.05, 4.69) is 45.6 Å². The van der Waals surface area contributed by atoms with Crippen molar-refractivity contribution in [3.63, 3.8) is 0 Å². The number of ketones is 1. The summed E-state index contributed by atoms with van der Waals surface area (Å²) in [7, 11) is 0. The first-order valence-corrected chi connectivity index (χ1v) is 15.5. The van der Waals surface area contributed by atoms with E-state index < -0.39 is 5.97 Å². The molecule has 7 nitrogen and oxygen atoms in total. The SMILES string of the molecule is C=CCn1c(SCc2ccc(CC(=O)OCC(=O)c3ccccc3)cc2)nnc1-c1cc(-c2ccccc2)nc2ccccc12. The Labute approximate surface area is 265 Å². The van der Waals surface area contributed by atoms with Crippen LogP contribution in [-0.4, -0.2) is 38.1 Å². The van der Waals surface area contributed by atoms with Crippen molar-refractivity contribution in [3.8, 4) is 22.6 Å². The van der Waals surface area contributed by atoms with Gasteiger partial charge < -0.3 is 4.74 Å². The van der Waals surface area contributed by atoms with Gasteiger partial charge in [0, 0.05) is 34.4 Å². The summed E-state index contributed by atoms with van der Waals surface area (Å²) >= 11 is 1.59. The Balaban J connectivity index is 1.15. The van der Waals surface area contributed by atoms with Crippen LogP contribution in [0.3, 0.4) is 0 Å². The lowest BCUT2D eigenvalue weighted by atomic mass is 10.0. The van der Waals surface area contributed by atoms with E-state index in [0.717, 1.165) is 49.8 Å². The number of allylic oxidation sites excluding steroid dienone is 1. The molecule has 0 aliphatic heterocycles. The summed E-state index contributed by atoms with van der Waals surface area (Å²) in [6.45, 7) is 4.26. The van der Waals surface area contributed by atoms with Gasteiger partial charge in [0.15, 0.2) is 23.4 Å². The average molecular weight is 611 g/mol. The van der Waals surface area contributed by atoms with Gasteiger partial charge in [-0.2, -0.15) is 0 Å². The van der Waals surface area contributed by atoms with Gasteiger partial charge in [0.1, 0.15) is 0 Å². The number of ether oxygens (including phenoxy) is 1. The monoisotopic (exact) mass is 610 g/mol. The first kappa shape index (κ1) is 29.7. The zero-order valence-electron chi connectivity index (χ0n) is 24.5. The molecule has 0 N–H and O–H groups in total. The molecule has 0 aliphatic carbocycles. The highest BCUT2D eigenvalue weighted by Gasteiger charge is 2.18. The van der Waals surface area contributed by atoms with Gasteiger partial charge in [0.2, 0.25) is 0 Å². The number of esters is 1. The van der Waals surface area contributed by atoms with E-state index in [-0.39, 0.29) is 18.8 Å². The maximum Gasteiger partial charge on any atom is 0.310 e. The number of aromatic nitrogens is 4. The molecule has 0 spiro atoms. The van der Waals surface area contributed by atoms with E-state index in [9.17, 15) is 9.59 Å². The highest BCUT2D eigenvalue weighted by molar-refractivity contribution is 7.98. The van der Waals surface area contributed by atoms with Crippen LogP contribution in [0.5, 0.6) is 0 Å². The molecule has 2 aromatic heterocycles. The zero-order chi connectivity index (χ0) is 31.0. The van der Waals surface area contributed by atoms with Crippen LogP contribution in [-0.2, 0) is 28.2 Å². The summed E-state index contributed by atoms with van der Waals surface area (Å²) in [4.78, 5) is 29.5. The molecular formula is C37H30N4O3S. The number of thioether (sulfide) groups is 1. The lowest BCUT2D eigenvalue weighted by Gasteiger charge is -2.12. The molecule has 0 atom stereocenters. The number of nitrogens with zero attached hydrogens (tertiary/aromatic N) is 4. The van der Waals surface area contributed by atoms with Gasteiger partial charge >= 0.3 is 5.97 Å². The Morgan fingerprint density at radius 2 is 1.51 bits per heavy atom. The quantitative estimate of drug-likeness (QED) is 0.0610. The summed E-state index contributed by atoms with van der Waals surface area (Å²) in [6.07, 6.45) is 1.94. The van der Waals surface area contributed by atoms with Gasteiger partial charge in [-0.15, -0.1) is 16.8 Å². The van der Waals surface area contributed by atoms with E-state index in [0.29, 0.717) is 17.9 Å². The van der Waals surface area contributed by atoms with Crippen molar-refractivity contribution < 1.29 is 14.3 Å². The second-order valence-electron chi connectivity index (χ2n) is 10.4. The lowest BCUT2D eigenvalue weighted by Crippen LogP contribution is -2.15. The van der Waals surface area contributed by atoms with E-state index in [4.69, 9.17) is 9.72 Å². The number of pyridine rings is 1. The molecule has 0 radical (unpaired) electrons. The predicted octanol–water partition coefficient (Wildman–Crippen LogP) is 7.61. The van der Waals surface area contributed by atoms with Gasteiger partial charge in [-0.25, -0.2) is 4.98 Å². The summed E-state index contributed by atoms with van der Waals surface area (Å²) < 4.78 is 7.29. The standard InChI is InChI=1S/C37H30N4O3S/c1-2-21-41-36(31-23-33(28-11-5-3-6-12-28)38-32-16-10-9-15-30(31)32)39-40-37(41)45-25-27-19-17-26(18-20-27)22-35(43)44-24-34(42)29-13-7-4-8-14-29/h2-20,23H,1,21-22,24-25H2. The Hall–Kier alpha value is -5.34. The maximum atomic E-state index is 12.3. The highest BCUT2D eigenvalue weighted by atomic mass is 32.2. The van der Waals surface area contributed by atoms with Gasteiger partial charge in [-0.3, -0.25) is 14.2 Å². The number of carbonyl (C=O) groups is 2. The highest BCUT2D eigenvalue weighted by Crippen LogP contribution is 2.33. The van der Waals surface area contributed by atoms with Crippen molar-refractivity contribution in [1.82, 2.24) is 19.7 Å². The van der Waals surface area contributed by atoms with Crippen LogP contribution in [0.2, 0.25) is 0 Å². The lowest BCUT2D eigenvalue weighted by molar-refractivity contribution is -0.141. The molecule has 4 aromatic carbocycles. The van der Waals surface area contributed by atoms with Gasteiger partial charge in [-0.1, -0.05) is 121 Å². The summed E-state index contributed by atoms with van der Waals surface area (Å²) in [5, 5.41) is 11.0. The average Bonchev–Trinajstić information content (AvgIpc) is 3.49. The zero-order valence-corrected chi connectivity index (χ0v) is 25.3. The predicted molar refractivity (Wildman–Crippen MR) is 178 cm³/mol. The van der Waals surface area contributed by atoms with Crippen LogP contribution in [0.1, 0.15) is 21.5 Å². The van der Waals surface area contributed by atoms with Crippen molar-refractivity contribution in [2.45, 2.75) is 23.9 Å². The van der Waals surface area contributed by atoms with Crippen LogP contribution in [0, 0.1) is 0 Å². The number of hydrogen-bond acceptors (Lipinski definition) is 7. The Morgan fingerprint density at radius 1 is 0.822 bits per heavy atom. The number of rotatable bonds is 12. The van der Waals surface area contributed by atoms with Crippen LogP contribution >= 0.6 is 11.8 Å². The number of hydrogen-bond donors (Lipinski definition) is 0. The van der Waals surface area contributed by atoms with Crippen molar-refractivity contribution in [1.29, 1.82) is 0 Å². The molecule has 6 rings (SSSR count). The first-order chi connectivity index (χ1) is 22.1. The molecule has 6 aromatic rings.